The Bertz CT molecular complexity index is 262. The smallest absolute Gasteiger partial charge is 0.154 e. The average molecular weight is 197 g/mol. The van der Waals surface area contributed by atoms with E-state index in [1.54, 1.807) is 6.07 Å². The summed E-state index contributed by atoms with van der Waals surface area (Å²) in [6, 6.07) is 7.42. The summed E-state index contributed by atoms with van der Waals surface area (Å²) in [4.78, 5) is 0. The maximum absolute atomic E-state index is 4.94. The molecule has 10 heavy (non-hydrogen) atoms. The Balaban J connectivity index is 2.94. The summed E-state index contributed by atoms with van der Waals surface area (Å²) in [5, 5.41) is 0. The monoisotopic (exact) mass is 196 g/mol. The lowest BCUT2D eigenvalue weighted by Crippen LogP contribution is -1.81. The fourth-order valence-corrected chi connectivity index (χ4v) is 0.957. The molecule has 0 aliphatic carbocycles. The maximum atomic E-state index is 4.94. The minimum atomic E-state index is 0.671. The fourth-order valence-electron chi connectivity index (χ4n) is 0.591. The van der Waals surface area contributed by atoms with Gasteiger partial charge in [-0.2, -0.15) is 0 Å². The number of halogens is 1. The highest BCUT2D eigenvalue weighted by Gasteiger charge is 1.95. The first-order valence-electron chi connectivity index (χ1n) is 2.71. The second-order valence-corrected chi connectivity index (χ2v) is 2.50. The maximum Gasteiger partial charge on any atom is 0.154 e. The Morgan fingerprint density at radius 3 is 2.70 bits per heavy atom. The number of hydrogen-bond acceptors (Lipinski definition) is 1. The summed E-state index contributed by atoms with van der Waals surface area (Å²) in [6.45, 7) is 0. The van der Waals surface area contributed by atoms with Crippen LogP contribution < -0.4 is 4.74 Å². The van der Waals surface area contributed by atoms with Crippen LogP contribution in [0, 0.1) is 12.5 Å². The van der Waals surface area contributed by atoms with Gasteiger partial charge in [0.1, 0.15) is 6.11 Å². The summed E-state index contributed by atoms with van der Waals surface area (Å²) in [6.07, 6.45) is 7.03. The molecule has 0 spiro atoms. The number of ether oxygens (including phenoxy) is 1. The molecule has 50 valence electrons. The van der Waals surface area contributed by atoms with Crippen LogP contribution >= 0.6 is 15.9 Å². The van der Waals surface area contributed by atoms with Crippen molar-refractivity contribution < 1.29 is 4.74 Å². The zero-order chi connectivity index (χ0) is 7.40. The Kier molecular flexibility index (Phi) is 2.35. The van der Waals surface area contributed by atoms with Crippen LogP contribution in [0.3, 0.4) is 0 Å². The molecule has 0 fully saturated rings. The van der Waals surface area contributed by atoms with E-state index in [1.165, 1.54) is 0 Å². The Morgan fingerprint density at radius 1 is 1.40 bits per heavy atom. The summed E-state index contributed by atoms with van der Waals surface area (Å²) >= 11 is 3.28. The number of terminal acetylenes is 1. The minimum absolute atomic E-state index is 0.671. The van der Waals surface area contributed by atoms with E-state index in [4.69, 9.17) is 11.2 Å². The molecule has 0 heterocycles. The van der Waals surface area contributed by atoms with Gasteiger partial charge in [0.2, 0.25) is 0 Å². The van der Waals surface area contributed by atoms with Crippen molar-refractivity contribution in [2.75, 3.05) is 0 Å². The first kappa shape index (κ1) is 7.17. The van der Waals surface area contributed by atoms with Crippen molar-refractivity contribution in [2.24, 2.45) is 0 Å². The van der Waals surface area contributed by atoms with Crippen molar-refractivity contribution in [1.29, 1.82) is 0 Å². The Hall–Kier alpha value is -0.940. The SMILES string of the molecule is C#COc1ccccc1Br. The molecular formula is C8H5BrO. The zero-order valence-corrected chi connectivity index (χ0v) is 6.76. The van der Waals surface area contributed by atoms with Crippen molar-refractivity contribution in [3.05, 3.63) is 28.7 Å². The van der Waals surface area contributed by atoms with Crippen molar-refractivity contribution in [2.45, 2.75) is 0 Å². The number of para-hydroxylation sites is 1. The topological polar surface area (TPSA) is 9.23 Å². The van der Waals surface area contributed by atoms with Crippen LogP contribution in [-0.4, -0.2) is 0 Å². The van der Waals surface area contributed by atoms with Gasteiger partial charge in [0.15, 0.2) is 5.75 Å². The van der Waals surface area contributed by atoms with Crippen LogP contribution in [0.5, 0.6) is 5.75 Å². The predicted molar refractivity (Wildman–Crippen MR) is 43.6 cm³/mol. The molecule has 2 heteroatoms. The van der Waals surface area contributed by atoms with Gasteiger partial charge >= 0.3 is 0 Å². The van der Waals surface area contributed by atoms with Crippen LogP contribution in [0.2, 0.25) is 0 Å². The first-order chi connectivity index (χ1) is 4.84. The molecule has 1 aromatic rings. The third kappa shape index (κ3) is 1.52. The highest BCUT2D eigenvalue weighted by molar-refractivity contribution is 9.10. The van der Waals surface area contributed by atoms with Crippen molar-refractivity contribution in [3.63, 3.8) is 0 Å². The largest absolute Gasteiger partial charge is 0.407 e. The van der Waals surface area contributed by atoms with Gasteiger partial charge < -0.3 is 4.74 Å². The molecule has 0 aromatic heterocycles. The standard InChI is InChI=1S/C8H5BrO/c1-2-10-8-6-4-3-5-7(8)9/h1,3-6H. The third-order valence-electron chi connectivity index (χ3n) is 1.01. The molecule has 1 rings (SSSR count). The normalized spacial score (nSPS) is 8.40. The molecule has 0 atom stereocenters. The second kappa shape index (κ2) is 3.28. The van der Waals surface area contributed by atoms with E-state index in [2.05, 4.69) is 22.0 Å². The lowest BCUT2D eigenvalue weighted by atomic mass is 10.3. The molecule has 1 nitrogen and oxygen atoms in total. The van der Waals surface area contributed by atoms with Crippen LogP contribution in [0.25, 0.3) is 0 Å². The lowest BCUT2D eigenvalue weighted by molar-refractivity contribution is 0.517. The number of benzene rings is 1. The van der Waals surface area contributed by atoms with Crippen LogP contribution in [0.1, 0.15) is 0 Å². The minimum Gasteiger partial charge on any atom is -0.407 e. The van der Waals surface area contributed by atoms with Crippen LogP contribution in [-0.2, 0) is 0 Å². The van der Waals surface area contributed by atoms with Crippen LogP contribution in [0.15, 0.2) is 28.7 Å². The molecular weight excluding hydrogens is 192 g/mol. The second-order valence-electron chi connectivity index (χ2n) is 1.65. The van der Waals surface area contributed by atoms with Crippen molar-refractivity contribution >= 4 is 15.9 Å². The van der Waals surface area contributed by atoms with E-state index in [9.17, 15) is 0 Å². The molecule has 0 N–H and O–H groups in total. The Labute approximate surface area is 68.1 Å². The van der Waals surface area contributed by atoms with Gasteiger partial charge in [0.05, 0.1) is 4.47 Å². The fraction of sp³-hybridized carbons (Fsp3) is 0. The molecule has 0 aliphatic rings. The summed E-state index contributed by atoms with van der Waals surface area (Å²) < 4.78 is 5.69. The Morgan fingerprint density at radius 2 is 2.10 bits per heavy atom. The third-order valence-corrected chi connectivity index (χ3v) is 1.66. The van der Waals surface area contributed by atoms with Crippen molar-refractivity contribution in [1.82, 2.24) is 0 Å². The predicted octanol–water partition coefficient (Wildman–Crippen LogP) is 2.42. The van der Waals surface area contributed by atoms with E-state index in [0.29, 0.717) is 5.75 Å². The van der Waals surface area contributed by atoms with Gasteiger partial charge in [-0.1, -0.05) is 18.6 Å². The average Bonchev–Trinajstić information content (AvgIpc) is 1.94. The lowest BCUT2D eigenvalue weighted by Gasteiger charge is -1.97. The van der Waals surface area contributed by atoms with Gasteiger partial charge in [-0.25, -0.2) is 0 Å². The molecule has 1 aromatic carbocycles. The first-order valence-corrected chi connectivity index (χ1v) is 3.51. The van der Waals surface area contributed by atoms with Gasteiger partial charge in [-0.15, -0.1) is 0 Å². The molecule has 0 unspecified atom stereocenters. The number of rotatable bonds is 1. The molecule has 0 saturated heterocycles. The van der Waals surface area contributed by atoms with E-state index in [0.717, 1.165) is 4.47 Å². The highest BCUT2D eigenvalue weighted by atomic mass is 79.9. The summed E-state index contributed by atoms with van der Waals surface area (Å²) in [5.41, 5.74) is 0. The molecule has 0 amide bonds. The van der Waals surface area contributed by atoms with E-state index in [-0.39, 0.29) is 0 Å². The highest BCUT2D eigenvalue weighted by Crippen LogP contribution is 2.22. The summed E-state index contributed by atoms with van der Waals surface area (Å²) in [5.74, 6) is 0.671. The summed E-state index contributed by atoms with van der Waals surface area (Å²) in [7, 11) is 0. The van der Waals surface area contributed by atoms with Gasteiger partial charge in [0.25, 0.3) is 0 Å². The van der Waals surface area contributed by atoms with Gasteiger partial charge in [0, 0.05) is 0 Å². The van der Waals surface area contributed by atoms with Gasteiger partial charge in [-0.3, -0.25) is 0 Å². The molecule has 0 radical (unpaired) electrons. The van der Waals surface area contributed by atoms with Crippen molar-refractivity contribution in [3.8, 4) is 18.3 Å². The molecule has 0 saturated carbocycles. The van der Waals surface area contributed by atoms with E-state index in [1.807, 2.05) is 18.2 Å². The van der Waals surface area contributed by atoms with E-state index >= 15 is 0 Å². The van der Waals surface area contributed by atoms with Crippen LogP contribution in [0.4, 0.5) is 0 Å². The van der Waals surface area contributed by atoms with Gasteiger partial charge in [-0.05, 0) is 28.1 Å². The quantitative estimate of drug-likeness (QED) is 0.628. The molecule has 0 aliphatic heterocycles. The number of hydrogen-bond donors (Lipinski definition) is 0. The zero-order valence-electron chi connectivity index (χ0n) is 5.17. The van der Waals surface area contributed by atoms with E-state index < -0.39 is 0 Å². The molecule has 0 bridgehead atoms.